The second kappa shape index (κ2) is 19.9. The van der Waals surface area contributed by atoms with Gasteiger partial charge >= 0.3 is 0 Å². The Morgan fingerprint density at radius 3 is 1.92 bits per heavy atom. The molecule has 20 heteroatoms. The van der Waals surface area contributed by atoms with Crippen LogP contribution in [-0.4, -0.2) is 97.0 Å². The predicted octanol–water partition coefficient (Wildman–Crippen LogP) is 7.70. The number of benzene rings is 2. The molecule has 0 saturated heterocycles. The second-order valence-electron chi connectivity index (χ2n) is 13.7. The van der Waals surface area contributed by atoms with Crippen LogP contribution in [0.2, 0.25) is 20.1 Å². The Bertz CT molecular complexity index is 2930. The van der Waals surface area contributed by atoms with Gasteiger partial charge in [-0.05, 0) is 62.6 Å². The third-order valence-corrected chi connectivity index (χ3v) is 10.9. The van der Waals surface area contributed by atoms with Crippen LogP contribution in [0.1, 0.15) is 0 Å². The minimum absolute atomic E-state index is 0.352. The van der Waals surface area contributed by atoms with E-state index in [1.165, 1.54) is 0 Å². The number of nitrogens with zero attached hydrogens (tertiary/aromatic N) is 12. The number of pyridine rings is 2. The van der Waals surface area contributed by atoms with Crippen molar-refractivity contribution in [1.29, 1.82) is 0 Å². The van der Waals surface area contributed by atoms with Crippen molar-refractivity contribution in [3.63, 3.8) is 0 Å². The number of halogens is 4. The molecule has 0 fully saturated rings. The molecule has 0 aliphatic heterocycles. The largest absolute Gasteiger partial charge is 0.495 e. The highest BCUT2D eigenvalue weighted by molar-refractivity contribution is 6.40. The van der Waals surface area contributed by atoms with E-state index in [1.54, 1.807) is 72.6 Å². The third-order valence-electron chi connectivity index (χ3n) is 9.54. The van der Waals surface area contributed by atoms with E-state index in [1.807, 2.05) is 74.3 Å². The summed E-state index contributed by atoms with van der Waals surface area (Å²) in [5.74, 6) is 1.69. The van der Waals surface area contributed by atoms with Crippen LogP contribution in [0.15, 0.2) is 90.7 Å². The van der Waals surface area contributed by atoms with Crippen molar-refractivity contribution >= 4 is 85.9 Å². The first kappa shape index (κ1) is 44.2. The Labute approximate surface area is 377 Å². The molecule has 0 bridgehead atoms. The number of rotatable bonds is 13. The van der Waals surface area contributed by atoms with E-state index in [0.29, 0.717) is 103 Å². The van der Waals surface area contributed by atoms with Crippen LogP contribution in [0.25, 0.3) is 44.8 Å². The topological polar surface area (TPSA) is 163 Å². The van der Waals surface area contributed by atoms with E-state index in [2.05, 4.69) is 30.8 Å². The Kier molecular flexibility index (Phi) is 14.2. The zero-order valence-corrected chi connectivity index (χ0v) is 37.6. The summed E-state index contributed by atoms with van der Waals surface area (Å²) in [5.41, 5.74) is 7.57. The Morgan fingerprint density at radius 1 is 0.677 bits per heavy atom. The lowest BCUT2D eigenvalue weighted by atomic mass is 10.2. The van der Waals surface area contributed by atoms with Crippen LogP contribution in [0.5, 0.6) is 11.5 Å². The standard InChI is InChI=1S/2C21H21Cl2N7O/c1-24-8-9-30(20-14(22)4-6-17(31-3)19(20)23)18-7-5-15-21(28-18)27-16(11-25-15)13-10-26-29(2)12-13;1-24-8-9-30-18(28-20-14(22)4-6-17(31-3)19(20)23)7-5-15-21(30)27-16(11-25-15)13-10-26-29(2)12-13/h2*4-7,10-12,24H,8-9H2,1-3H3. The molecule has 0 aliphatic rings. The van der Waals surface area contributed by atoms with Gasteiger partial charge in [0, 0.05) is 63.8 Å². The van der Waals surface area contributed by atoms with Gasteiger partial charge < -0.3 is 29.6 Å². The molecule has 6 heterocycles. The van der Waals surface area contributed by atoms with Crippen LogP contribution in [0, 0.1) is 0 Å². The smallest absolute Gasteiger partial charge is 0.180 e. The lowest BCUT2D eigenvalue weighted by Crippen LogP contribution is -2.28. The zero-order valence-electron chi connectivity index (χ0n) is 34.6. The molecule has 0 saturated carbocycles. The Balaban J connectivity index is 0.000000186. The summed E-state index contributed by atoms with van der Waals surface area (Å²) in [6, 6.07) is 14.4. The van der Waals surface area contributed by atoms with Gasteiger partial charge in [-0.25, -0.2) is 19.9 Å². The first-order valence-electron chi connectivity index (χ1n) is 19.2. The molecule has 2 N–H and O–H groups in total. The maximum Gasteiger partial charge on any atom is 0.180 e. The number of hydrogen-bond donors (Lipinski definition) is 2. The average molecular weight is 917 g/mol. The van der Waals surface area contributed by atoms with Gasteiger partial charge in [0.15, 0.2) is 11.3 Å². The van der Waals surface area contributed by atoms with Crippen molar-refractivity contribution in [2.75, 3.05) is 52.8 Å². The SMILES string of the molecule is CNCCN(c1ccc2ncc(-c3cnn(C)c3)nc2n1)c1c(Cl)ccc(OC)c1Cl.CNCCn1c(=Nc2c(Cl)ccc(OC)c2Cl)ccc2ncc(-c3cnn(C)c3)nc21. The lowest BCUT2D eigenvalue weighted by Gasteiger charge is -2.26. The van der Waals surface area contributed by atoms with Crippen LogP contribution in [-0.2, 0) is 20.6 Å². The number of likely N-dealkylation sites (N-methyl/N-ethyl adjacent to an activating group) is 2. The number of anilines is 2. The van der Waals surface area contributed by atoms with Gasteiger partial charge in [0.1, 0.15) is 49.6 Å². The number of methoxy groups -OCH3 is 2. The number of fused-ring (bicyclic) bond motifs is 2. The zero-order chi connectivity index (χ0) is 43.9. The minimum atomic E-state index is 0.352. The van der Waals surface area contributed by atoms with Gasteiger partial charge in [-0.15, -0.1) is 0 Å². The maximum atomic E-state index is 6.63. The number of aromatic nitrogens is 10. The van der Waals surface area contributed by atoms with Crippen molar-refractivity contribution in [2.24, 2.45) is 19.1 Å². The van der Waals surface area contributed by atoms with Gasteiger partial charge in [-0.1, -0.05) is 46.4 Å². The van der Waals surface area contributed by atoms with Crippen molar-refractivity contribution in [2.45, 2.75) is 6.54 Å². The summed E-state index contributed by atoms with van der Waals surface area (Å²) in [5, 5.41) is 16.4. The van der Waals surface area contributed by atoms with Crippen LogP contribution in [0.4, 0.5) is 17.2 Å². The highest BCUT2D eigenvalue weighted by Gasteiger charge is 2.21. The molecule has 0 radical (unpaired) electrons. The highest BCUT2D eigenvalue weighted by atomic mass is 35.5. The molecule has 320 valence electrons. The number of ether oxygens (including phenoxy) is 2. The van der Waals surface area contributed by atoms with Crippen molar-refractivity contribution in [1.82, 2.24) is 59.7 Å². The summed E-state index contributed by atoms with van der Waals surface area (Å²) in [6.45, 7) is 2.60. The van der Waals surface area contributed by atoms with Gasteiger partial charge in [0.25, 0.3) is 0 Å². The van der Waals surface area contributed by atoms with Crippen LogP contribution >= 0.6 is 46.4 Å². The quantitative estimate of drug-likeness (QED) is 0.116. The molecule has 62 heavy (non-hydrogen) atoms. The monoisotopic (exact) mass is 914 g/mol. The summed E-state index contributed by atoms with van der Waals surface area (Å²) >= 11 is 26.1. The van der Waals surface area contributed by atoms with Crippen molar-refractivity contribution in [3.8, 4) is 34.0 Å². The van der Waals surface area contributed by atoms with Crippen LogP contribution < -0.4 is 30.5 Å². The van der Waals surface area contributed by atoms with Gasteiger partial charge in [0.05, 0.1) is 66.1 Å². The molecule has 0 atom stereocenters. The molecule has 0 aliphatic carbocycles. The summed E-state index contributed by atoms with van der Waals surface area (Å²) < 4.78 is 16.1. The number of nitrogens with one attached hydrogen (secondary N) is 2. The molecule has 16 nitrogen and oxygen atoms in total. The van der Waals surface area contributed by atoms with E-state index >= 15 is 0 Å². The predicted molar refractivity (Wildman–Crippen MR) is 245 cm³/mol. The molecule has 0 unspecified atom stereocenters. The summed E-state index contributed by atoms with van der Waals surface area (Å²) in [4.78, 5) is 30.1. The van der Waals surface area contributed by atoms with E-state index in [9.17, 15) is 0 Å². The third kappa shape index (κ3) is 9.60. The molecule has 6 aromatic heterocycles. The Hall–Kier alpha value is -5.88. The van der Waals surface area contributed by atoms with Crippen molar-refractivity contribution < 1.29 is 9.47 Å². The molecule has 2 aromatic carbocycles. The van der Waals surface area contributed by atoms with E-state index in [4.69, 9.17) is 75.8 Å². The highest BCUT2D eigenvalue weighted by Crippen LogP contribution is 2.43. The molecule has 0 amide bonds. The minimum Gasteiger partial charge on any atom is -0.495 e. The first-order chi connectivity index (χ1) is 30.0. The average Bonchev–Trinajstić information content (AvgIpc) is 3.93. The molecule has 8 aromatic rings. The fraction of sp³-hybridized carbons (Fsp3) is 0.238. The maximum absolute atomic E-state index is 6.63. The van der Waals surface area contributed by atoms with Crippen LogP contribution in [0.3, 0.4) is 0 Å². The van der Waals surface area contributed by atoms with Gasteiger partial charge in [-0.2, -0.15) is 10.2 Å². The normalized spacial score (nSPS) is 11.5. The summed E-state index contributed by atoms with van der Waals surface area (Å²) in [6.07, 6.45) is 10.8. The molecule has 8 rings (SSSR count). The second-order valence-corrected chi connectivity index (χ2v) is 15.2. The van der Waals surface area contributed by atoms with Crippen molar-refractivity contribution in [3.05, 3.63) is 111 Å². The molecular formula is C42H42Cl4N14O2. The first-order valence-corrected chi connectivity index (χ1v) is 20.7. The van der Waals surface area contributed by atoms with Gasteiger partial charge in [-0.3, -0.25) is 19.3 Å². The van der Waals surface area contributed by atoms with E-state index < -0.39 is 0 Å². The molecular weight excluding hydrogens is 874 g/mol. The number of hydrogen-bond acceptors (Lipinski definition) is 13. The summed E-state index contributed by atoms with van der Waals surface area (Å²) in [7, 11) is 10.6. The lowest BCUT2D eigenvalue weighted by molar-refractivity contribution is 0.415. The molecule has 0 spiro atoms. The Morgan fingerprint density at radius 2 is 1.29 bits per heavy atom. The fourth-order valence-corrected chi connectivity index (χ4v) is 7.60. The van der Waals surface area contributed by atoms with Gasteiger partial charge in [0.2, 0.25) is 0 Å². The van der Waals surface area contributed by atoms with E-state index in [-0.39, 0.29) is 0 Å². The number of aryl methyl sites for hydroxylation is 2. The fourth-order valence-electron chi connectivity index (χ4n) is 6.41. The van der Waals surface area contributed by atoms with E-state index in [0.717, 1.165) is 22.3 Å².